The van der Waals surface area contributed by atoms with Gasteiger partial charge in [0.1, 0.15) is 17.7 Å². The van der Waals surface area contributed by atoms with Gasteiger partial charge in [-0.3, -0.25) is 9.59 Å². The number of rotatable bonds is 15. The van der Waals surface area contributed by atoms with Crippen molar-refractivity contribution >= 4 is 17.9 Å². The van der Waals surface area contributed by atoms with Gasteiger partial charge in [0, 0.05) is 13.1 Å². The smallest absolute Gasteiger partial charge is 0.408 e. The van der Waals surface area contributed by atoms with E-state index in [1.807, 2.05) is 38.1 Å². The minimum Gasteiger partial charge on any atom is -0.444 e. The second-order valence-corrected chi connectivity index (χ2v) is 10.9. The molecular weight excluding hydrogens is 466 g/mol. The van der Waals surface area contributed by atoms with Crippen LogP contribution in [0.1, 0.15) is 111 Å². The first kappa shape index (κ1) is 32.5. The summed E-state index contributed by atoms with van der Waals surface area (Å²) in [5.74, 6) is -0.591. The molecule has 0 saturated carbocycles. The molecular formula is C30H51N3O4. The van der Waals surface area contributed by atoms with Gasteiger partial charge in [0.05, 0.1) is 0 Å². The number of ether oxygens (including phenoxy) is 1. The fraction of sp³-hybridized carbons (Fsp3) is 0.700. The predicted octanol–water partition coefficient (Wildman–Crippen LogP) is 6.16. The van der Waals surface area contributed by atoms with E-state index in [0.29, 0.717) is 19.5 Å². The maximum absolute atomic E-state index is 14.1. The predicted molar refractivity (Wildman–Crippen MR) is 150 cm³/mol. The van der Waals surface area contributed by atoms with Crippen LogP contribution < -0.4 is 10.6 Å². The zero-order valence-corrected chi connectivity index (χ0v) is 24.5. The average molecular weight is 518 g/mol. The van der Waals surface area contributed by atoms with Crippen LogP contribution in [0.15, 0.2) is 24.3 Å². The summed E-state index contributed by atoms with van der Waals surface area (Å²) in [6, 6.07) is 6.34. The molecule has 1 aromatic carbocycles. The molecule has 3 amide bonds. The van der Waals surface area contributed by atoms with E-state index in [-0.39, 0.29) is 17.7 Å². The van der Waals surface area contributed by atoms with E-state index in [9.17, 15) is 14.4 Å². The highest BCUT2D eigenvalue weighted by Gasteiger charge is 2.37. The third-order valence-electron chi connectivity index (χ3n) is 6.53. The van der Waals surface area contributed by atoms with Gasteiger partial charge >= 0.3 is 6.09 Å². The molecule has 0 spiro atoms. The zero-order chi connectivity index (χ0) is 28.0. The number of alkyl carbamates (subject to hydrolysis) is 1. The summed E-state index contributed by atoms with van der Waals surface area (Å²) < 4.78 is 5.47. The maximum Gasteiger partial charge on any atom is 0.408 e. The van der Waals surface area contributed by atoms with E-state index < -0.39 is 23.8 Å². The van der Waals surface area contributed by atoms with Crippen LogP contribution in [0.4, 0.5) is 4.79 Å². The summed E-state index contributed by atoms with van der Waals surface area (Å²) in [5.41, 5.74) is 1.26. The monoisotopic (exact) mass is 517 g/mol. The average Bonchev–Trinajstić information content (AvgIpc) is 2.85. The topological polar surface area (TPSA) is 87.7 Å². The number of carbonyl (C=O) groups excluding carboxylic acids is 3. The number of amides is 3. The van der Waals surface area contributed by atoms with Crippen molar-refractivity contribution in [3.63, 3.8) is 0 Å². The van der Waals surface area contributed by atoms with Gasteiger partial charge in [0.25, 0.3) is 0 Å². The van der Waals surface area contributed by atoms with Crippen LogP contribution in [0.5, 0.6) is 0 Å². The molecule has 0 heterocycles. The van der Waals surface area contributed by atoms with E-state index >= 15 is 0 Å². The number of nitrogens with zero attached hydrogens (tertiary/aromatic N) is 1. The van der Waals surface area contributed by atoms with E-state index in [1.54, 1.807) is 25.7 Å². The molecule has 7 heteroatoms. The number of hydrogen-bond acceptors (Lipinski definition) is 4. The molecule has 7 nitrogen and oxygen atoms in total. The minimum absolute atomic E-state index is 0.139. The lowest BCUT2D eigenvalue weighted by Crippen LogP contribution is -2.55. The third-order valence-corrected chi connectivity index (χ3v) is 6.53. The normalized spacial score (nSPS) is 13.8. The van der Waals surface area contributed by atoms with Crippen LogP contribution in [0.25, 0.3) is 0 Å². The van der Waals surface area contributed by atoms with Gasteiger partial charge in [-0.1, -0.05) is 84.6 Å². The first-order valence-corrected chi connectivity index (χ1v) is 14.1. The number of hydrogen-bond donors (Lipinski definition) is 2. The van der Waals surface area contributed by atoms with Crippen molar-refractivity contribution < 1.29 is 19.1 Å². The molecule has 0 fully saturated rings. The van der Waals surface area contributed by atoms with E-state index in [1.165, 1.54) is 5.56 Å². The minimum atomic E-state index is -0.804. The summed E-state index contributed by atoms with van der Waals surface area (Å²) in [5, 5.41) is 5.89. The highest BCUT2D eigenvalue weighted by Crippen LogP contribution is 2.26. The Morgan fingerprint density at radius 2 is 1.57 bits per heavy atom. The highest BCUT2D eigenvalue weighted by atomic mass is 16.6. The standard InChI is InChI=1S/C30H51N3O4/c1-9-13-15-20-31-27(34)26(24-18-16-23(12-4)17-19-24)33(21-14-10-2)28(35)25(22(5)11-3)32-29(36)37-30(6,7)8/h16-19,22,25-26H,9-15,20-21H2,1-8H3,(H,31,34)(H,32,36). The molecule has 3 atom stereocenters. The number of unbranched alkanes of at least 4 members (excludes halogenated alkanes) is 3. The fourth-order valence-corrected chi connectivity index (χ4v) is 4.08. The van der Waals surface area contributed by atoms with Crippen LogP contribution >= 0.6 is 0 Å². The molecule has 0 aliphatic carbocycles. The second-order valence-electron chi connectivity index (χ2n) is 10.9. The Labute approximate surface area is 225 Å². The van der Waals surface area contributed by atoms with E-state index in [2.05, 4.69) is 31.4 Å². The van der Waals surface area contributed by atoms with Gasteiger partial charge in [-0.25, -0.2) is 4.79 Å². The number of benzene rings is 1. The molecule has 0 aliphatic heterocycles. The lowest BCUT2D eigenvalue weighted by molar-refractivity contribution is -0.143. The van der Waals surface area contributed by atoms with Gasteiger partial charge in [-0.2, -0.15) is 0 Å². The summed E-state index contributed by atoms with van der Waals surface area (Å²) in [7, 11) is 0. The maximum atomic E-state index is 14.1. The SMILES string of the molecule is CCCCCNC(=O)C(c1ccc(CC)cc1)N(CCCC)C(=O)C(NC(=O)OC(C)(C)C)C(C)CC. The number of carbonyl (C=O) groups is 3. The molecule has 37 heavy (non-hydrogen) atoms. The molecule has 0 radical (unpaired) electrons. The molecule has 1 aromatic rings. The van der Waals surface area contributed by atoms with Crippen molar-refractivity contribution in [1.29, 1.82) is 0 Å². The van der Waals surface area contributed by atoms with E-state index in [0.717, 1.165) is 44.1 Å². The lowest BCUT2D eigenvalue weighted by atomic mass is 9.95. The second kappa shape index (κ2) is 16.3. The zero-order valence-electron chi connectivity index (χ0n) is 24.5. The van der Waals surface area contributed by atoms with Crippen molar-refractivity contribution in [1.82, 2.24) is 15.5 Å². The molecule has 0 bridgehead atoms. The summed E-state index contributed by atoms with van der Waals surface area (Å²) in [6.45, 7) is 16.5. The molecule has 210 valence electrons. The summed E-state index contributed by atoms with van der Waals surface area (Å²) in [4.78, 5) is 42.1. The molecule has 0 aliphatic rings. The van der Waals surface area contributed by atoms with Crippen LogP contribution in [-0.4, -0.2) is 47.5 Å². The molecule has 3 unspecified atom stereocenters. The number of aryl methyl sites for hydroxylation is 1. The van der Waals surface area contributed by atoms with Gasteiger partial charge in [-0.05, 0) is 57.1 Å². The first-order chi connectivity index (χ1) is 17.5. The third kappa shape index (κ3) is 11.1. The summed E-state index contributed by atoms with van der Waals surface area (Å²) >= 11 is 0. The van der Waals surface area contributed by atoms with Crippen molar-refractivity contribution in [2.45, 2.75) is 118 Å². The summed E-state index contributed by atoms with van der Waals surface area (Å²) in [6.07, 6.45) is 5.55. The van der Waals surface area contributed by atoms with Gasteiger partial charge in [-0.15, -0.1) is 0 Å². The van der Waals surface area contributed by atoms with Crippen molar-refractivity contribution in [3.8, 4) is 0 Å². The van der Waals surface area contributed by atoms with Crippen molar-refractivity contribution in [2.24, 2.45) is 5.92 Å². The Morgan fingerprint density at radius 1 is 0.946 bits per heavy atom. The fourth-order valence-electron chi connectivity index (χ4n) is 4.08. The Morgan fingerprint density at radius 3 is 2.08 bits per heavy atom. The van der Waals surface area contributed by atoms with Crippen molar-refractivity contribution in [3.05, 3.63) is 35.4 Å². The van der Waals surface area contributed by atoms with Gasteiger partial charge in [0.2, 0.25) is 11.8 Å². The largest absolute Gasteiger partial charge is 0.444 e. The first-order valence-electron chi connectivity index (χ1n) is 14.1. The molecule has 0 aromatic heterocycles. The van der Waals surface area contributed by atoms with Crippen LogP contribution in [0.2, 0.25) is 0 Å². The lowest BCUT2D eigenvalue weighted by Gasteiger charge is -2.36. The number of nitrogens with one attached hydrogen (secondary N) is 2. The van der Waals surface area contributed by atoms with E-state index in [4.69, 9.17) is 4.74 Å². The van der Waals surface area contributed by atoms with Gasteiger partial charge in [0.15, 0.2) is 0 Å². The van der Waals surface area contributed by atoms with Crippen molar-refractivity contribution in [2.75, 3.05) is 13.1 Å². The van der Waals surface area contributed by atoms with Gasteiger partial charge < -0.3 is 20.3 Å². The Kier molecular flexibility index (Phi) is 14.3. The van der Waals surface area contributed by atoms with Crippen LogP contribution in [0.3, 0.4) is 0 Å². The molecule has 0 saturated heterocycles. The van der Waals surface area contributed by atoms with Crippen LogP contribution in [0, 0.1) is 5.92 Å². The quantitative estimate of drug-likeness (QED) is 0.273. The Balaban J connectivity index is 3.43. The van der Waals surface area contributed by atoms with Crippen LogP contribution in [-0.2, 0) is 20.7 Å². The molecule has 2 N–H and O–H groups in total. The highest BCUT2D eigenvalue weighted by molar-refractivity contribution is 5.92. The Bertz CT molecular complexity index is 832. The Hall–Kier alpha value is -2.57. The molecule has 1 rings (SSSR count).